The summed E-state index contributed by atoms with van der Waals surface area (Å²) in [4.78, 5) is 17.9. The quantitative estimate of drug-likeness (QED) is 0.395. The number of carbonyl (C=O) groups is 1. The van der Waals surface area contributed by atoms with E-state index in [0.717, 1.165) is 12.5 Å². The van der Waals surface area contributed by atoms with E-state index < -0.39 is 5.60 Å². The molecule has 6 nitrogen and oxygen atoms in total. The van der Waals surface area contributed by atoms with Gasteiger partial charge < -0.3 is 20.3 Å². The molecule has 1 atom stereocenters. The summed E-state index contributed by atoms with van der Waals surface area (Å²) < 4.78 is 5.36. The van der Waals surface area contributed by atoms with Gasteiger partial charge in [-0.1, -0.05) is 6.92 Å². The molecule has 1 saturated heterocycles. The molecule has 1 aromatic rings. The van der Waals surface area contributed by atoms with Crippen molar-refractivity contribution in [2.24, 2.45) is 4.99 Å². The van der Waals surface area contributed by atoms with E-state index in [4.69, 9.17) is 4.74 Å². The van der Waals surface area contributed by atoms with E-state index >= 15 is 0 Å². The molecule has 0 bridgehead atoms. The molecule has 1 aromatic heterocycles. The summed E-state index contributed by atoms with van der Waals surface area (Å²) in [5.41, 5.74) is 0.882. The summed E-state index contributed by atoms with van der Waals surface area (Å²) in [6.45, 7) is 9.91. The molecule has 1 aliphatic rings. The standard InChI is InChI=1S/C17H28N4O2S.HI/c1-12(13-6-7-24-11-13)8-19-15(18-5)20-14-9-21(10-14)16(22)23-17(2,3)4;/h6-7,11-12,14H,8-10H2,1-5H3,(H2,18,19,20);1H. The number of rotatable bonds is 4. The summed E-state index contributed by atoms with van der Waals surface area (Å²) in [5, 5.41) is 11.0. The number of amides is 1. The number of hydrogen-bond acceptors (Lipinski definition) is 4. The van der Waals surface area contributed by atoms with Crippen molar-refractivity contribution >= 4 is 47.4 Å². The Morgan fingerprint density at radius 2 is 2.16 bits per heavy atom. The highest BCUT2D eigenvalue weighted by atomic mass is 127. The van der Waals surface area contributed by atoms with Crippen molar-refractivity contribution in [3.63, 3.8) is 0 Å². The van der Waals surface area contributed by atoms with Crippen molar-refractivity contribution in [2.45, 2.75) is 45.3 Å². The van der Waals surface area contributed by atoms with Crippen molar-refractivity contribution in [1.82, 2.24) is 15.5 Å². The predicted molar refractivity (Wildman–Crippen MR) is 114 cm³/mol. The van der Waals surface area contributed by atoms with E-state index in [1.807, 2.05) is 20.8 Å². The molecule has 1 amide bonds. The Hall–Kier alpha value is -1.03. The third-order valence-corrected chi connectivity index (χ3v) is 4.49. The number of nitrogens with zero attached hydrogens (tertiary/aromatic N) is 2. The fraction of sp³-hybridized carbons (Fsp3) is 0.647. The number of thiophene rings is 1. The van der Waals surface area contributed by atoms with Crippen molar-refractivity contribution in [1.29, 1.82) is 0 Å². The molecule has 0 spiro atoms. The summed E-state index contributed by atoms with van der Waals surface area (Å²) >= 11 is 1.72. The first-order valence-corrected chi connectivity index (χ1v) is 9.20. The molecule has 1 aliphatic heterocycles. The summed E-state index contributed by atoms with van der Waals surface area (Å²) in [5.74, 6) is 1.19. The van der Waals surface area contributed by atoms with Gasteiger partial charge in [-0.05, 0) is 49.1 Å². The maximum atomic E-state index is 11.9. The van der Waals surface area contributed by atoms with Crippen LogP contribution in [0.2, 0.25) is 0 Å². The Kier molecular flexibility index (Phi) is 8.46. The van der Waals surface area contributed by atoms with Gasteiger partial charge in [0.2, 0.25) is 0 Å². The second-order valence-electron chi connectivity index (χ2n) is 7.14. The molecule has 0 aliphatic carbocycles. The maximum absolute atomic E-state index is 11.9. The highest BCUT2D eigenvalue weighted by Crippen LogP contribution is 2.17. The van der Waals surface area contributed by atoms with E-state index in [0.29, 0.717) is 19.0 Å². The van der Waals surface area contributed by atoms with E-state index in [2.05, 4.69) is 39.4 Å². The molecule has 142 valence electrons. The molecule has 1 unspecified atom stereocenters. The highest BCUT2D eigenvalue weighted by molar-refractivity contribution is 14.0. The highest BCUT2D eigenvalue weighted by Gasteiger charge is 2.34. The number of hydrogen-bond donors (Lipinski definition) is 2. The van der Waals surface area contributed by atoms with Gasteiger partial charge in [-0.25, -0.2) is 4.79 Å². The van der Waals surface area contributed by atoms with Crippen LogP contribution < -0.4 is 10.6 Å². The number of halogens is 1. The van der Waals surface area contributed by atoms with Gasteiger partial charge in [0.25, 0.3) is 0 Å². The lowest BCUT2D eigenvalue weighted by Crippen LogP contribution is -2.63. The fourth-order valence-corrected chi connectivity index (χ4v) is 3.14. The SMILES string of the molecule is CN=C(NCC(C)c1ccsc1)NC1CN(C(=O)OC(C)(C)C)C1.I. The van der Waals surface area contributed by atoms with Gasteiger partial charge in [-0.15, -0.1) is 24.0 Å². The second-order valence-corrected chi connectivity index (χ2v) is 7.92. The van der Waals surface area contributed by atoms with Crippen LogP contribution in [0.4, 0.5) is 4.79 Å². The average Bonchev–Trinajstić information content (AvgIpc) is 2.97. The topological polar surface area (TPSA) is 66.0 Å². The number of guanidine groups is 1. The molecule has 25 heavy (non-hydrogen) atoms. The van der Waals surface area contributed by atoms with Crippen LogP contribution in [-0.4, -0.2) is 55.3 Å². The molecule has 1 fully saturated rings. The lowest BCUT2D eigenvalue weighted by Gasteiger charge is -2.40. The number of carbonyl (C=O) groups excluding carboxylic acids is 1. The van der Waals surface area contributed by atoms with Crippen molar-refractivity contribution in [3.8, 4) is 0 Å². The van der Waals surface area contributed by atoms with Gasteiger partial charge in [-0.3, -0.25) is 4.99 Å². The summed E-state index contributed by atoms with van der Waals surface area (Å²) in [6.07, 6.45) is -0.255. The van der Waals surface area contributed by atoms with Gasteiger partial charge >= 0.3 is 6.09 Å². The molecule has 0 radical (unpaired) electrons. The van der Waals surface area contributed by atoms with Crippen LogP contribution in [-0.2, 0) is 4.74 Å². The second kappa shape index (κ2) is 9.61. The van der Waals surface area contributed by atoms with E-state index in [1.165, 1.54) is 5.56 Å². The first kappa shape index (κ1) is 22.0. The van der Waals surface area contributed by atoms with Crippen LogP contribution >= 0.6 is 35.3 Å². The Labute approximate surface area is 171 Å². The molecule has 0 saturated carbocycles. The zero-order chi connectivity index (χ0) is 17.7. The molecule has 2 heterocycles. The van der Waals surface area contributed by atoms with Crippen molar-refractivity contribution in [2.75, 3.05) is 26.7 Å². The zero-order valence-electron chi connectivity index (χ0n) is 15.5. The molecular formula is C17H29IN4O2S. The normalized spacial score (nSPS) is 16.5. The first-order valence-electron chi connectivity index (χ1n) is 8.25. The van der Waals surface area contributed by atoms with Crippen molar-refractivity contribution < 1.29 is 9.53 Å². The van der Waals surface area contributed by atoms with Crippen LogP contribution in [0.15, 0.2) is 21.8 Å². The molecule has 2 rings (SSSR count). The molecule has 2 N–H and O–H groups in total. The van der Waals surface area contributed by atoms with Gasteiger partial charge in [0.15, 0.2) is 5.96 Å². The van der Waals surface area contributed by atoms with Gasteiger partial charge in [0, 0.05) is 26.7 Å². The Morgan fingerprint density at radius 1 is 1.48 bits per heavy atom. The third-order valence-electron chi connectivity index (χ3n) is 3.79. The molecule has 8 heteroatoms. The van der Waals surface area contributed by atoms with Gasteiger partial charge in [-0.2, -0.15) is 11.3 Å². The minimum Gasteiger partial charge on any atom is -0.444 e. The average molecular weight is 480 g/mol. The lowest BCUT2D eigenvalue weighted by molar-refractivity contribution is 0.00701. The minimum atomic E-state index is -0.453. The van der Waals surface area contributed by atoms with E-state index in [-0.39, 0.29) is 36.1 Å². The van der Waals surface area contributed by atoms with Crippen LogP contribution in [0.1, 0.15) is 39.2 Å². The lowest BCUT2D eigenvalue weighted by atomic mass is 10.1. The van der Waals surface area contributed by atoms with Crippen LogP contribution in [0.3, 0.4) is 0 Å². The molecule has 0 aromatic carbocycles. The Bertz CT molecular complexity index is 566. The maximum Gasteiger partial charge on any atom is 0.410 e. The number of likely N-dealkylation sites (tertiary alicyclic amines) is 1. The van der Waals surface area contributed by atoms with Crippen molar-refractivity contribution in [3.05, 3.63) is 22.4 Å². The number of nitrogens with one attached hydrogen (secondary N) is 2. The summed E-state index contributed by atoms with van der Waals surface area (Å²) in [6, 6.07) is 2.36. The first-order chi connectivity index (χ1) is 11.3. The van der Waals surface area contributed by atoms with Gasteiger partial charge in [0.1, 0.15) is 5.60 Å². The molecular weight excluding hydrogens is 451 g/mol. The third kappa shape index (κ3) is 7.01. The van der Waals surface area contributed by atoms with Crippen LogP contribution in [0.5, 0.6) is 0 Å². The van der Waals surface area contributed by atoms with E-state index in [1.54, 1.807) is 23.3 Å². The monoisotopic (exact) mass is 480 g/mol. The zero-order valence-corrected chi connectivity index (χ0v) is 18.7. The largest absolute Gasteiger partial charge is 0.444 e. The fourth-order valence-electron chi connectivity index (χ4n) is 2.36. The van der Waals surface area contributed by atoms with Crippen LogP contribution in [0.25, 0.3) is 0 Å². The van der Waals surface area contributed by atoms with Crippen LogP contribution in [0, 0.1) is 0 Å². The summed E-state index contributed by atoms with van der Waals surface area (Å²) in [7, 11) is 1.76. The smallest absolute Gasteiger partial charge is 0.410 e. The van der Waals surface area contributed by atoms with E-state index in [9.17, 15) is 4.79 Å². The minimum absolute atomic E-state index is 0. The van der Waals surface area contributed by atoms with Gasteiger partial charge in [0.05, 0.1) is 6.04 Å². The Balaban J connectivity index is 0.00000312. The number of ether oxygens (including phenoxy) is 1. The predicted octanol–water partition coefficient (Wildman–Crippen LogP) is 3.25. The Morgan fingerprint density at radius 3 is 2.68 bits per heavy atom. The number of aliphatic imine (C=N–C) groups is 1.